The van der Waals surface area contributed by atoms with Crippen LogP contribution in [0, 0.1) is 28.6 Å². The molecule has 0 spiro atoms. The van der Waals surface area contributed by atoms with E-state index in [1.807, 2.05) is 23.2 Å². The van der Waals surface area contributed by atoms with Gasteiger partial charge >= 0.3 is 0 Å². The van der Waals surface area contributed by atoms with E-state index in [0.29, 0.717) is 49.6 Å². The number of amides is 1. The molecule has 3 aromatic rings. The molecular formula is C26H26N8O2. The smallest absolute Gasteiger partial charge is 0.253 e. The second-order valence-electron chi connectivity index (χ2n) is 9.33. The van der Waals surface area contributed by atoms with Gasteiger partial charge in [-0.25, -0.2) is 9.97 Å². The van der Waals surface area contributed by atoms with Crippen LogP contribution in [0.5, 0.6) is 0 Å². The summed E-state index contributed by atoms with van der Waals surface area (Å²) in [6.45, 7) is 1.31. The van der Waals surface area contributed by atoms with Crippen LogP contribution >= 0.6 is 0 Å². The highest BCUT2D eigenvalue weighted by Crippen LogP contribution is 2.46. The van der Waals surface area contributed by atoms with Gasteiger partial charge in [-0.2, -0.15) is 15.6 Å². The Morgan fingerprint density at radius 1 is 1.25 bits per heavy atom. The molecule has 0 bridgehead atoms. The highest BCUT2D eigenvalue weighted by Gasteiger charge is 2.46. The maximum absolute atomic E-state index is 12.7. The molecule has 2 aromatic heterocycles. The zero-order valence-corrected chi connectivity index (χ0v) is 20.0. The molecular weight excluding hydrogens is 456 g/mol. The van der Waals surface area contributed by atoms with Gasteiger partial charge in [0.2, 0.25) is 5.95 Å². The summed E-state index contributed by atoms with van der Waals surface area (Å²) < 4.78 is 7.16. The van der Waals surface area contributed by atoms with E-state index in [0.717, 1.165) is 17.7 Å². The van der Waals surface area contributed by atoms with E-state index in [9.17, 15) is 10.1 Å². The summed E-state index contributed by atoms with van der Waals surface area (Å²) in [7, 11) is 1.67. The number of nitriles is 2. The van der Waals surface area contributed by atoms with E-state index in [4.69, 9.17) is 10.00 Å². The molecule has 1 atom stereocenters. The number of hydrogen-bond donors (Lipinski definition) is 1. The topological polar surface area (TPSA) is 133 Å². The second-order valence-corrected chi connectivity index (χ2v) is 9.33. The zero-order chi connectivity index (χ0) is 25.1. The van der Waals surface area contributed by atoms with Crippen molar-refractivity contribution in [3.8, 4) is 23.4 Å². The summed E-state index contributed by atoms with van der Waals surface area (Å²) in [5.74, 6) is 0.375. The second kappa shape index (κ2) is 9.76. The van der Waals surface area contributed by atoms with Crippen LogP contribution in [0.3, 0.4) is 0 Å². The highest BCUT2D eigenvalue weighted by molar-refractivity contribution is 5.94. The zero-order valence-electron chi connectivity index (χ0n) is 20.0. The molecule has 0 radical (unpaired) electrons. The van der Waals surface area contributed by atoms with Crippen molar-refractivity contribution in [2.24, 2.45) is 5.92 Å². The number of hydrogen-bond acceptors (Lipinski definition) is 8. The maximum Gasteiger partial charge on any atom is 0.253 e. The number of ether oxygens (including phenoxy) is 1. The quantitative estimate of drug-likeness (QED) is 0.541. The van der Waals surface area contributed by atoms with E-state index in [2.05, 4.69) is 32.5 Å². The Morgan fingerprint density at radius 2 is 2.06 bits per heavy atom. The number of methoxy groups -OCH3 is 1. The van der Waals surface area contributed by atoms with Gasteiger partial charge in [0.15, 0.2) is 0 Å². The average Bonchev–Trinajstić information content (AvgIpc) is 3.57. The van der Waals surface area contributed by atoms with E-state index in [1.165, 1.54) is 0 Å². The molecule has 10 nitrogen and oxygen atoms in total. The van der Waals surface area contributed by atoms with Gasteiger partial charge in [0.1, 0.15) is 0 Å². The molecule has 36 heavy (non-hydrogen) atoms. The molecule has 10 heteroatoms. The number of nitrogens with zero attached hydrogens (tertiary/aromatic N) is 7. The van der Waals surface area contributed by atoms with Crippen molar-refractivity contribution in [1.29, 1.82) is 10.5 Å². The molecule has 1 saturated carbocycles. The largest absolute Gasteiger partial charge is 0.380 e. The number of benzene rings is 1. The van der Waals surface area contributed by atoms with Gasteiger partial charge in [0.05, 0.1) is 48.0 Å². The Bertz CT molecular complexity index is 1330. The summed E-state index contributed by atoms with van der Waals surface area (Å²) in [4.78, 5) is 23.5. The first kappa shape index (κ1) is 23.5. The van der Waals surface area contributed by atoms with Crippen LogP contribution in [0.1, 0.15) is 36.0 Å². The molecule has 1 saturated heterocycles. The van der Waals surface area contributed by atoms with Crippen molar-refractivity contribution in [2.45, 2.75) is 37.3 Å². The summed E-state index contributed by atoms with van der Waals surface area (Å²) in [5.41, 5.74) is 2.45. The number of aromatic nitrogens is 4. The van der Waals surface area contributed by atoms with Gasteiger partial charge < -0.3 is 15.0 Å². The first-order valence-corrected chi connectivity index (χ1v) is 11.9. The standard InChI is InChI=1S/C26H26N8O2/c1-36-22-7-11-33(17-22)24(35)19-2-4-21(5-3-19)31-25-29-10-6-23(32-25)20-15-30-34(16-20)26(8-9-27)12-18(13-26)14-28/h2-6,10,15-16,18,22H,7-8,11-13,17H2,1H3,(H,29,31,32). The van der Waals surface area contributed by atoms with Crippen LogP contribution in [0.15, 0.2) is 48.9 Å². The van der Waals surface area contributed by atoms with Gasteiger partial charge in [-0.1, -0.05) is 0 Å². The number of likely N-dealkylation sites (tertiary alicyclic amines) is 1. The lowest BCUT2D eigenvalue weighted by Crippen LogP contribution is -2.46. The van der Waals surface area contributed by atoms with Crippen LogP contribution in [-0.4, -0.2) is 56.9 Å². The number of nitrogens with one attached hydrogen (secondary N) is 1. The molecule has 1 amide bonds. The molecule has 3 heterocycles. The first-order valence-electron chi connectivity index (χ1n) is 11.9. The van der Waals surface area contributed by atoms with Crippen LogP contribution in [0.25, 0.3) is 11.3 Å². The molecule has 1 unspecified atom stereocenters. The average molecular weight is 483 g/mol. The molecule has 1 aromatic carbocycles. The Labute approximate surface area is 209 Å². The van der Waals surface area contributed by atoms with Gasteiger partial charge in [-0.3, -0.25) is 9.48 Å². The SMILES string of the molecule is COC1CCN(C(=O)c2ccc(Nc3nccc(-c4cnn(C5(CC#N)CC(C#N)C5)c4)n3)cc2)C1. The molecule has 1 aliphatic carbocycles. The lowest BCUT2D eigenvalue weighted by molar-refractivity contribution is 0.0724. The van der Waals surface area contributed by atoms with Crippen LogP contribution in [-0.2, 0) is 10.3 Å². The van der Waals surface area contributed by atoms with Gasteiger partial charge in [-0.15, -0.1) is 0 Å². The molecule has 1 N–H and O–H groups in total. The van der Waals surface area contributed by atoms with Gasteiger partial charge in [0.25, 0.3) is 5.91 Å². The molecule has 182 valence electrons. The lowest BCUT2D eigenvalue weighted by Gasteiger charge is -2.43. The van der Waals surface area contributed by atoms with Crippen LogP contribution in [0.4, 0.5) is 11.6 Å². The number of carbonyl (C=O) groups is 1. The van der Waals surface area contributed by atoms with E-state index in [-0.39, 0.29) is 17.9 Å². The third-order valence-corrected chi connectivity index (χ3v) is 7.02. The summed E-state index contributed by atoms with van der Waals surface area (Å²) in [5, 5.41) is 26.1. The fourth-order valence-corrected chi connectivity index (χ4v) is 4.92. The monoisotopic (exact) mass is 482 g/mol. The minimum atomic E-state index is -0.430. The number of carbonyl (C=O) groups excluding carboxylic acids is 1. The van der Waals surface area contributed by atoms with E-state index < -0.39 is 5.54 Å². The van der Waals surface area contributed by atoms with Crippen molar-refractivity contribution in [2.75, 3.05) is 25.5 Å². The lowest BCUT2D eigenvalue weighted by atomic mass is 9.67. The predicted octanol–water partition coefficient (Wildman–Crippen LogP) is 3.49. The minimum Gasteiger partial charge on any atom is -0.380 e. The Kier molecular flexibility index (Phi) is 6.36. The van der Waals surface area contributed by atoms with Crippen molar-refractivity contribution in [3.63, 3.8) is 0 Å². The number of rotatable bonds is 7. The van der Waals surface area contributed by atoms with Crippen molar-refractivity contribution in [3.05, 3.63) is 54.5 Å². The third-order valence-electron chi connectivity index (χ3n) is 7.02. The molecule has 5 rings (SSSR count). The normalized spacial score (nSPS) is 22.9. The molecule has 2 aliphatic rings. The Morgan fingerprint density at radius 3 is 2.75 bits per heavy atom. The first-order chi connectivity index (χ1) is 17.5. The summed E-state index contributed by atoms with van der Waals surface area (Å²) in [6.07, 6.45) is 7.78. The summed E-state index contributed by atoms with van der Waals surface area (Å²) >= 11 is 0. The molecule has 2 fully saturated rings. The van der Waals surface area contributed by atoms with Crippen molar-refractivity contribution < 1.29 is 9.53 Å². The third kappa shape index (κ3) is 4.51. The van der Waals surface area contributed by atoms with Crippen LogP contribution in [0.2, 0.25) is 0 Å². The van der Waals surface area contributed by atoms with Crippen LogP contribution < -0.4 is 5.32 Å². The molecule has 1 aliphatic heterocycles. The number of anilines is 2. The summed E-state index contributed by atoms with van der Waals surface area (Å²) in [6, 6.07) is 13.6. The minimum absolute atomic E-state index is 0.00178. The Balaban J connectivity index is 1.27. The van der Waals surface area contributed by atoms with Gasteiger partial charge in [0, 0.05) is 49.4 Å². The fraction of sp³-hybridized carbons (Fsp3) is 0.385. The van der Waals surface area contributed by atoms with E-state index in [1.54, 1.807) is 42.4 Å². The highest BCUT2D eigenvalue weighted by atomic mass is 16.5. The van der Waals surface area contributed by atoms with Crippen molar-refractivity contribution in [1.82, 2.24) is 24.6 Å². The van der Waals surface area contributed by atoms with Gasteiger partial charge in [-0.05, 0) is 49.6 Å². The van der Waals surface area contributed by atoms with Crippen molar-refractivity contribution >= 4 is 17.5 Å². The fourth-order valence-electron chi connectivity index (χ4n) is 4.92. The Hall–Kier alpha value is -4.28. The maximum atomic E-state index is 12.7. The van der Waals surface area contributed by atoms with E-state index >= 15 is 0 Å². The predicted molar refractivity (Wildman–Crippen MR) is 131 cm³/mol.